The number of hydrogen-bond acceptors (Lipinski definition) is 1. The monoisotopic (exact) mass is 667 g/mol. The molecule has 1 atom stereocenters. The van der Waals surface area contributed by atoms with Crippen LogP contribution in [-0.4, -0.2) is 7.05 Å². The van der Waals surface area contributed by atoms with E-state index in [0.29, 0.717) is 0 Å². The molecule has 0 spiro atoms. The average Bonchev–Trinajstić information content (AvgIpc) is 3.48. The molecule has 1 aliphatic carbocycles. The summed E-state index contributed by atoms with van der Waals surface area (Å²) in [6.07, 6.45) is 9.76. The van der Waals surface area contributed by atoms with Gasteiger partial charge in [0.15, 0.2) is 0 Å². The van der Waals surface area contributed by atoms with Gasteiger partial charge in [0.05, 0.1) is 0 Å². The van der Waals surface area contributed by atoms with Crippen molar-refractivity contribution in [2.75, 3.05) is 11.9 Å². The summed E-state index contributed by atoms with van der Waals surface area (Å²) < 4.78 is 0. The Kier molecular flexibility index (Phi) is 8.33. The number of likely N-dealkylation sites (N-methyl/N-ethyl adjacent to an activating group) is 1. The van der Waals surface area contributed by atoms with E-state index < -0.39 is 0 Å². The summed E-state index contributed by atoms with van der Waals surface area (Å²) in [7, 11) is 2.21. The first-order valence-electron chi connectivity index (χ1n) is 17.7. The standard InChI is InChI=1S/C48H42ClN/c1-34-40-28-26-38-22-13-14-23-41(38)46(40)47(2,31-35-16-7-4-8-17-35)42(34)24-15-25-45-48(32-36-18-9-5-10-19-36,33-37-20-11-6-12-21-37)43-30-39(49)27-29-44(43)50(45)3/h4-30H,31-33H2,1-3H3/b24-15+,45-25+. The molecule has 1 nitrogen and oxygen atoms in total. The number of hydrogen-bond donors (Lipinski definition) is 0. The van der Waals surface area contributed by atoms with Crippen LogP contribution in [0.2, 0.25) is 5.02 Å². The van der Waals surface area contributed by atoms with E-state index in [0.717, 1.165) is 24.3 Å². The number of nitrogens with zero attached hydrogens (tertiary/aromatic N) is 1. The largest absolute Gasteiger partial charge is 0.347 e. The van der Waals surface area contributed by atoms with Crippen LogP contribution in [0.5, 0.6) is 0 Å². The van der Waals surface area contributed by atoms with Crippen molar-refractivity contribution in [1.29, 1.82) is 0 Å². The van der Waals surface area contributed by atoms with Crippen LogP contribution < -0.4 is 4.90 Å². The van der Waals surface area contributed by atoms with Crippen molar-refractivity contribution in [2.45, 2.75) is 43.9 Å². The van der Waals surface area contributed by atoms with E-state index in [4.69, 9.17) is 11.6 Å². The van der Waals surface area contributed by atoms with Crippen molar-refractivity contribution in [1.82, 2.24) is 0 Å². The van der Waals surface area contributed by atoms with Crippen LogP contribution in [0.4, 0.5) is 5.69 Å². The molecule has 50 heavy (non-hydrogen) atoms. The van der Waals surface area contributed by atoms with Crippen molar-refractivity contribution in [3.8, 4) is 0 Å². The van der Waals surface area contributed by atoms with E-state index >= 15 is 0 Å². The molecule has 8 rings (SSSR count). The van der Waals surface area contributed by atoms with Crippen LogP contribution in [0.3, 0.4) is 0 Å². The lowest BCUT2D eigenvalue weighted by Crippen LogP contribution is -2.34. The fraction of sp³-hybridized carbons (Fsp3) is 0.167. The Labute approximate surface area is 301 Å². The van der Waals surface area contributed by atoms with Gasteiger partial charge in [0.25, 0.3) is 0 Å². The Morgan fingerprint density at radius 2 is 1.24 bits per heavy atom. The number of rotatable bonds is 8. The Morgan fingerprint density at radius 1 is 0.660 bits per heavy atom. The van der Waals surface area contributed by atoms with Crippen LogP contribution in [0.25, 0.3) is 16.3 Å². The van der Waals surface area contributed by atoms with Crippen molar-refractivity contribution in [3.05, 3.63) is 213 Å². The van der Waals surface area contributed by atoms with E-state index in [1.807, 2.05) is 6.07 Å². The lowest BCUT2D eigenvalue weighted by molar-refractivity contribution is 0.507. The van der Waals surface area contributed by atoms with Gasteiger partial charge in [-0.15, -0.1) is 0 Å². The summed E-state index contributed by atoms with van der Waals surface area (Å²) >= 11 is 6.78. The van der Waals surface area contributed by atoms with Gasteiger partial charge >= 0.3 is 0 Å². The van der Waals surface area contributed by atoms with Crippen LogP contribution in [0.1, 0.15) is 47.2 Å². The van der Waals surface area contributed by atoms with Gasteiger partial charge in [0.2, 0.25) is 0 Å². The number of allylic oxidation sites excluding steroid dienone is 6. The SMILES string of the molecule is CC1=C(/C=C/C=C2/N(C)c3ccc(Cl)cc3C2(Cc2ccccc2)Cc2ccccc2)C(C)(Cc2ccccc2)c2c1ccc1ccccc21. The predicted molar refractivity (Wildman–Crippen MR) is 213 cm³/mol. The molecule has 0 bridgehead atoms. The zero-order chi connectivity index (χ0) is 34.3. The van der Waals surface area contributed by atoms with Crippen LogP contribution in [0, 0.1) is 0 Å². The van der Waals surface area contributed by atoms with Crippen LogP contribution in [-0.2, 0) is 30.1 Å². The van der Waals surface area contributed by atoms with Gasteiger partial charge in [0.1, 0.15) is 0 Å². The molecule has 1 heterocycles. The maximum absolute atomic E-state index is 6.78. The Bertz CT molecular complexity index is 2240. The molecule has 0 aromatic heterocycles. The third-order valence-electron chi connectivity index (χ3n) is 11.2. The number of benzene rings is 6. The minimum Gasteiger partial charge on any atom is -0.347 e. The highest BCUT2D eigenvalue weighted by Gasteiger charge is 2.46. The Morgan fingerprint density at radius 3 is 1.88 bits per heavy atom. The third kappa shape index (κ3) is 5.51. The predicted octanol–water partition coefficient (Wildman–Crippen LogP) is 12.1. The van der Waals surface area contributed by atoms with E-state index in [9.17, 15) is 0 Å². The fourth-order valence-electron chi connectivity index (χ4n) is 8.97. The van der Waals surface area contributed by atoms with Gasteiger partial charge in [-0.05, 0) is 106 Å². The molecule has 1 aliphatic heterocycles. The molecular formula is C48H42ClN. The van der Waals surface area contributed by atoms with Crippen molar-refractivity contribution in [2.24, 2.45) is 0 Å². The highest BCUT2D eigenvalue weighted by atomic mass is 35.5. The quantitative estimate of drug-likeness (QED) is 0.156. The lowest BCUT2D eigenvalue weighted by atomic mass is 9.70. The van der Waals surface area contributed by atoms with Gasteiger partial charge < -0.3 is 4.90 Å². The number of halogens is 1. The average molecular weight is 668 g/mol. The molecule has 1 unspecified atom stereocenters. The molecule has 0 saturated heterocycles. The van der Waals surface area contributed by atoms with Gasteiger partial charge in [0, 0.05) is 34.3 Å². The fourth-order valence-corrected chi connectivity index (χ4v) is 9.14. The maximum atomic E-state index is 6.78. The van der Waals surface area contributed by atoms with Gasteiger partial charge in [-0.2, -0.15) is 0 Å². The van der Waals surface area contributed by atoms with Crippen LogP contribution >= 0.6 is 11.6 Å². The molecule has 0 fully saturated rings. The molecule has 2 aliphatic rings. The first kappa shape index (κ1) is 32.1. The second-order valence-electron chi connectivity index (χ2n) is 14.3. The second-order valence-corrected chi connectivity index (χ2v) is 14.7. The Balaban J connectivity index is 1.28. The Hall–Kier alpha value is -5.11. The summed E-state index contributed by atoms with van der Waals surface area (Å²) in [6, 6.07) is 52.7. The normalized spacial score (nSPS) is 18.7. The van der Waals surface area contributed by atoms with E-state index in [1.165, 1.54) is 66.7 Å². The third-order valence-corrected chi connectivity index (χ3v) is 11.4. The molecule has 246 valence electrons. The van der Waals surface area contributed by atoms with E-state index in [-0.39, 0.29) is 10.8 Å². The summed E-state index contributed by atoms with van der Waals surface area (Å²) in [4.78, 5) is 2.39. The molecule has 2 heteroatoms. The first-order valence-corrected chi connectivity index (χ1v) is 18.0. The summed E-state index contributed by atoms with van der Waals surface area (Å²) in [5.74, 6) is 0. The molecule has 0 saturated carbocycles. The van der Waals surface area contributed by atoms with Crippen molar-refractivity contribution in [3.63, 3.8) is 0 Å². The number of fused-ring (bicyclic) bond motifs is 4. The smallest absolute Gasteiger partial charge is 0.0456 e. The maximum Gasteiger partial charge on any atom is 0.0456 e. The summed E-state index contributed by atoms with van der Waals surface area (Å²) in [6.45, 7) is 4.76. The van der Waals surface area contributed by atoms with Crippen molar-refractivity contribution < 1.29 is 0 Å². The summed E-state index contributed by atoms with van der Waals surface area (Å²) in [5.41, 5.74) is 12.8. The first-order chi connectivity index (χ1) is 24.4. The highest BCUT2D eigenvalue weighted by Crippen LogP contribution is 2.53. The van der Waals surface area contributed by atoms with E-state index in [2.05, 4.69) is 184 Å². The zero-order valence-corrected chi connectivity index (χ0v) is 29.8. The minimum atomic E-state index is -0.312. The minimum absolute atomic E-state index is 0.195. The number of anilines is 1. The zero-order valence-electron chi connectivity index (χ0n) is 29.0. The molecule has 6 aromatic carbocycles. The lowest BCUT2D eigenvalue weighted by Gasteiger charge is -2.34. The van der Waals surface area contributed by atoms with Crippen LogP contribution in [0.15, 0.2) is 175 Å². The van der Waals surface area contributed by atoms with E-state index in [1.54, 1.807) is 0 Å². The van der Waals surface area contributed by atoms with Crippen molar-refractivity contribution >= 4 is 33.6 Å². The topological polar surface area (TPSA) is 3.24 Å². The molecule has 0 radical (unpaired) electrons. The molecule has 0 N–H and O–H groups in total. The highest BCUT2D eigenvalue weighted by molar-refractivity contribution is 6.30. The summed E-state index contributed by atoms with van der Waals surface area (Å²) in [5, 5.41) is 3.41. The van der Waals surface area contributed by atoms with Gasteiger partial charge in [-0.3, -0.25) is 0 Å². The molecule has 6 aromatic rings. The molecule has 0 amide bonds. The molecular weight excluding hydrogens is 626 g/mol. The van der Waals surface area contributed by atoms with Gasteiger partial charge in [-0.25, -0.2) is 0 Å². The van der Waals surface area contributed by atoms with Gasteiger partial charge in [-0.1, -0.05) is 158 Å². The second kappa shape index (κ2) is 13.0.